The van der Waals surface area contributed by atoms with Crippen molar-refractivity contribution in [2.45, 2.75) is 0 Å². The van der Waals surface area contributed by atoms with Gasteiger partial charge in [-0.05, 0) is 15.9 Å². The summed E-state index contributed by atoms with van der Waals surface area (Å²) in [7, 11) is 0. The topological polar surface area (TPSA) is 70.3 Å². The first kappa shape index (κ1) is 12.3. The predicted molar refractivity (Wildman–Crippen MR) is 45.0 cm³/mol. The summed E-state index contributed by atoms with van der Waals surface area (Å²) in [6.07, 6.45) is 4.42. The van der Waals surface area contributed by atoms with Gasteiger partial charge in [0.15, 0.2) is 0 Å². The van der Waals surface area contributed by atoms with Gasteiger partial charge in [-0.15, -0.1) is 0 Å². The quantitative estimate of drug-likeness (QED) is 0.518. The van der Waals surface area contributed by atoms with E-state index in [0.29, 0.717) is 9.99 Å². The minimum atomic E-state index is -1.31. The fourth-order valence-corrected chi connectivity index (χ4v) is 1.52. The minimum absolute atomic E-state index is 0. The van der Waals surface area contributed by atoms with Crippen molar-refractivity contribution >= 4 is 27.4 Å². The minimum Gasteiger partial charge on any atom is -0.543 e. The van der Waals surface area contributed by atoms with E-state index >= 15 is 0 Å². The number of nitrogens with zero attached hydrogens (tertiary/aromatic N) is 3. The second-order valence-electron chi connectivity index (χ2n) is 2.35. The molecule has 0 aromatic carbocycles. The molecule has 0 radical (unpaired) electrons. The van der Waals surface area contributed by atoms with Crippen molar-refractivity contribution in [3.8, 4) is 0 Å². The van der Waals surface area contributed by atoms with Gasteiger partial charge >= 0.3 is 51.4 Å². The van der Waals surface area contributed by atoms with Crippen LogP contribution in [0.4, 0.5) is 0 Å². The Hall–Kier alpha value is 0.206. The molecule has 0 aliphatic carbocycles. The Labute approximate surface area is 130 Å². The van der Waals surface area contributed by atoms with Crippen molar-refractivity contribution in [1.82, 2.24) is 14.6 Å². The Bertz CT molecular complexity index is 485. The second-order valence-corrected chi connectivity index (χ2v) is 3.20. The summed E-state index contributed by atoms with van der Waals surface area (Å²) in [5.41, 5.74) is 0.286. The van der Waals surface area contributed by atoms with Crippen LogP contribution >= 0.6 is 15.9 Å². The number of halogens is 1. The van der Waals surface area contributed by atoms with Crippen molar-refractivity contribution in [1.29, 1.82) is 0 Å². The first-order chi connectivity index (χ1) is 6.20. The maximum Gasteiger partial charge on any atom is 1.00 e. The van der Waals surface area contributed by atoms with Crippen LogP contribution in [0.1, 0.15) is 10.5 Å². The number of carboxylic acids is 1. The third kappa shape index (κ3) is 2.07. The van der Waals surface area contributed by atoms with E-state index in [1.807, 2.05) is 0 Å². The zero-order valence-electron chi connectivity index (χ0n) is 7.27. The molecule has 0 spiro atoms. The van der Waals surface area contributed by atoms with E-state index in [1.54, 1.807) is 6.20 Å². The average Bonchev–Trinajstić information content (AvgIpc) is 2.48. The molecule has 2 aromatic rings. The van der Waals surface area contributed by atoms with E-state index in [4.69, 9.17) is 0 Å². The molecule has 0 amide bonds. The number of rotatable bonds is 1. The van der Waals surface area contributed by atoms with E-state index in [0.717, 1.165) is 0 Å². The molecular weight excluding hydrogens is 277 g/mol. The predicted octanol–water partition coefficient (Wildman–Crippen LogP) is -3.14. The van der Waals surface area contributed by atoms with Crippen LogP contribution < -0.4 is 56.5 Å². The van der Waals surface area contributed by atoms with Crippen LogP contribution in [-0.2, 0) is 0 Å². The van der Waals surface area contributed by atoms with E-state index < -0.39 is 5.97 Å². The maximum absolute atomic E-state index is 10.6. The molecule has 7 heteroatoms. The van der Waals surface area contributed by atoms with Gasteiger partial charge in [-0.25, -0.2) is 4.52 Å². The fraction of sp³-hybridized carbons (Fsp3) is 0. The molecular formula is C7H3BrKN3O2. The molecule has 0 bridgehead atoms. The third-order valence-corrected chi connectivity index (χ3v) is 2.16. The van der Waals surface area contributed by atoms with Gasteiger partial charge < -0.3 is 9.90 Å². The summed E-state index contributed by atoms with van der Waals surface area (Å²) in [4.78, 5) is 14.3. The summed E-state index contributed by atoms with van der Waals surface area (Å²) in [5, 5.41) is 14.5. The number of fused-ring (bicyclic) bond motifs is 1. The molecule has 0 aliphatic rings. The summed E-state index contributed by atoms with van der Waals surface area (Å²) in [6.45, 7) is 0. The van der Waals surface area contributed by atoms with Gasteiger partial charge in [-0.2, -0.15) is 5.10 Å². The first-order valence-electron chi connectivity index (χ1n) is 3.39. The standard InChI is InChI=1S/C7H4BrN3O2.K/c8-4-3-10-11-2-1-9-5(6(4)11)7(12)13;/h1-3H,(H,12,13);/q;+1/p-1. The molecule has 0 N–H and O–H groups in total. The van der Waals surface area contributed by atoms with E-state index in [-0.39, 0.29) is 57.1 Å². The molecule has 0 saturated carbocycles. The number of aromatic nitrogens is 3. The number of carbonyl (C=O) groups is 1. The van der Waals surface area contributed by atoms with Gasteiger partial charge in [0.2, 0.25) is 0 Å². The maximum atomic E-state index is 10.6. The van der Waals surface area contributed by atoms with Gasteiger partial charge in [-0.3, -0.25) is 4.98 Å². The van der Waals surface area contributed by atoms with Crippen molar-refractivity contribution in [3.05, 3.63) is 28.8 Å². The number of aromatic carboxylic acids is 1. The molecule has 0 atom stereocenters. The smallest absolute Gasteiger partial charge is 0.543 e. The molecule has 14 heavy (non-hydrogen) atoms. The van der Waals surface area contributed by atoms with E-state index in [1.165, 1.54) is 16.9 Å². The number of hydrogen-bond donors (Lipinski definition) is 0. The Morgan fingerprint density at radius 1 is 1.57 bits per heavy atom. The van der Waals surface area contributed by atoms with Gasteiger partial charge in [0, 0.05) is 12.4 Å². The Kier molecular flexibility index (Phi) is 4.23. The zero-order valence-corrected chi connectivity index (χ0v) is 12.0. The van der Waals surface area contributed by atoms with Gasteiger partial charge in [0.1, 0.15) is 11.2 Å². The van der Waals surface area contributed by atoms with Crippen LogP contribution in [0.15, 0.2) is 23.1 Å². The normalized spacial score (nSPS) is 9.79. The van der Waals surface area contributed by atoms with Gasteiger partial charge in [0.05, 0.1) is 16.6 Å². The first-order valence-corrected chi connectivity index (χ1v) is 4.18. The monoisotopic (exact) mass is 279 g/mol. The number of carboxylic acid groups (broad SMARTS) is 1. The van der Waals surface area contributed by atoms with E-state index in [9.17, 15) is 9.90 Å². The van der Waals surface area contributed by atoms with Crippen LogP contribution in [0.3, 0.4) is 0 Å². The average molecular weight is 280 g/mol. The SMILES string of the molecule is O=C([O-])c1nccn2ncc(Br)c12.[K+]. The number of carbonyl (C=O) groups excluding carboxylic acids is 1. The Balaban J connectivity index is 0.000000980. The van der Waals surface area contributed by atoms with Crippen LogP contribution in [0, 0.1) is 0 Å². The fourth-order valence-electron chi connectivity index (χ4n) is 1.06. The molecule has 0 unspecified atom stereocenters. The molecule has 2 aromatic heterocycles. The van der Waals surface area contributed by atoms with Crippen LogP contribution in [0.2, 0.25) is 0 Å². The van der Waals surface area contributed by atoms with Crippen molar-refractivity contribution in [2.75, 3.05) is 0 Å². The van der Waals surface area contributed by atoms with Crippen molar-refractivity contribution in [3.63, 3.8) is 0 Å². The molecule has 0 aliphatic heterocycles. The van der Waals surface area contributed by atoms with E-state index in [2.05, 4.69) is 26.0 Å². The van der Waals surface area contributed by atoms with Crippen LogP contribution in [-0.4, -0.2) is 20.6 Å². The van der Waals surface area contributed by atoms with Gasteiger partial charge in [-0.1, -0.05) is 0 Å². The largest absolute Gasteiger partial charge is 1.00 e. The second kappa shape index (κ2) is 4.82. The Morgan fingerprint density at radius 2 is 2.29 bits per heavy atom. The molecule has 0 fully saturated rings. The van der Waals surface area contributed by atoms with Crippen LogP contribution in [0.5, 0.6) is 0 Å². The summed E-state index contributed by atoms with van der Waals surface area (Å²) < 4.78 is 2.00. The summed E-state index contributed by atoms with van der Waals surface area (Å²) in [5.74, 6) is -1.31. The number of hydrogen-bond acceptors (Lipinski definition) is 4. The molecule has 2 rings (SSSR count). The third-order valence-electron chi connectivity index (χ3n) is 1.58. The van der Waals surface area contributed by atoms with Crippen molar-refractivity contribution < 1.29 is 61.3 Å². The van der Waals surface area contributed by atoms with Crippen molar-refractivity contribution in [2.24, 2.45) is 0 Å². The summed E-state index contributed by atoms with van der Waals surface area (Å²) >= 11 is 3.17. The molecule has 0 saturated heterocycles. The molecule has 5 nitrogen and oxygen atoms in total. The van der Waals surface area contributed by atoms with Gasteiger partial charge in [0.25, 0.3) is 0 Å². The Morgan fingerprint density at radius 3 is 2.93 bits per heavy atom. The summed E-state index contributed by atoms with van der Waals surface area (Å²) in [6, 6.07) is 0. The molecule has 66 valence electrons. The molecule has 2 heterocycles. The zero-order chi connectivity index (χ0) is 9.42. The van der Waals surface area contributed by atoms with Crippen LogP contribution in [0.25, 0.3) is 5.52 Å².